The van der Waals surface area contributed by atoms with Crippen LogP contribution in [-0.4, -0.2) is 0 Å². The summed E-state index contributed by atoms with van der Waals surface area (Å²) in [5.41, 5.74) is 10.9. The third kappa shape index (κ3) is 2.75. The molecule has 0 N–H and O–H groups in total. The Morgan fingerprint density at radius 3 is 1.23 bits per heavy atom. The highest BCUT2D eigenvalue weighted by Gasteiger charge is 2.32. The molecule has 2 heteroatoms. The van der Waals surface area contributed by atoms with E-state index in [2.05, 4.69) is 121 Å². The molecular weight excluding hydrogens is 521 g/mol. The quantitative estimate of drug-likeness (QED) is 0.204. The first-order chi connectivity index (χ1) is 19.8. The maximum Gasteiger partial charge on any atom is 0.0434 e. The van der Waals surface area contributed by atoms with Crippen molar-refractivity contribution in [3.05, 3.63) is 121 Å². The van der Waals surface area contributed by atoms with E-state index in [0.29, 0.717) is 0 Å². The first-order valence-electron chi connectivity index (χ1n) is 13.7. The fourth-order valence-corrected chi connectivity index (χ4v) is 9.28. The van der Waals surface area contributed by atoms with Crippen LogP contribution in [0.5, 0.6) is 0 Å². The summed E-state index contributed by atoms with van der Waals surface area (Å²) in [6.45, 7) is 0. The van der Waals surface area contributed by atoms with E-state index < -0.39 is 0 Å². The molecule has 0 aliphatic heterocycles. The molecule has 2 aliphatic rings. The first-order valence-corrected chi connectivity index (χ1v) is 15.3. The van der Waals surface area contributed by atoms with Crippen LogP contribution in [0.15, 0.2) is 121 Å². The maximum absolute atomic E-state index is 2.42. The lowest BCUT2D eigenvalue weighted by atomic mass is 9.97. The number of fused-ring (bicyclic) bond motifs is 8. The number of thiophene rings is 2. The number of benzene rings is 6. The second-order valence-corrected chi connectivity index (χ2v) is 13.0. The topological polar surface area (TPSA) is 0 Å². The average molecular weight is 541 g/mol. The zero-order valence-corrected chi connectivity index (χ0v) is 23.0. The minimum Gasteiger partial charge on any atom is -0.135 e. The number of rotatable bonds is 2. The molecule has 0 bridgehead atoms. The summed E-state index contributed by atoms with van der Waals surface area (Å²) in [7, 11) is 0. The molecule has 6 aromatic carbocycles. The van der Waals surface area contributed by atoms with Gasteiger partial charge in [-0.2, -0.15) is 0 Å². The third-order valence-electron chi connectivity index (χ3n) is 8.76. The molecule has 0 amide bonds. The van der Waals surface area contributed by atoms with Crippen LogP contribution in [0.2, 0.25) is 0 Å². The Bertz CT molecular complexity index is 2130. The fourth-order valence-electron chi connectivity index (χ4n) is 6.87. The normalized spacial score (nSPS) is 12.5. The van der Waals surface area contributed by atoms with Gasteiger partial charge >= 0.3 is 0 Å². The molecule has 0 spiro atoms. The molecule has 0 radical (unpaired) electrons. The van der Waals surface area contributed by atoms with Crippen LogP contribution in [0.1, 0.15) is 0 Å². The van der Waals surface area contributed by atoms with E-state index in [9.17, 15) is 0 Å². The van der Waals surface area contributed by atoms with Gasteiger partial charge in [0.1, 0.15) is 0 Å². The lowest BCUT2D eigenvalue weighted by molar-refractivity contribution is 1.72. The monoisotopic (exact) mass is 540 g/mol. The average Bonchev–Trinajstić information content (AvgIpc) is 3.76. The van der Waals surface area contributed by atoms with Crippen molar-refractivity contribution in [2.75, 3.05) is 0 Å². The number of hydrogen-bond acceptors (Lipinski definition) is 2. The molecule has 2 heterocycles. The Kier molecular flexibility index (Phi) is 4.04. The summed E-state index contributed by atoms with van der Waals surface area (Å²) in [4.78, 5) is 5.51. The van der Waals surface area contributed by atoms with Crippen LogP contribution in [0.25, 0.3) is 96.3 Å². The highest BCUT2D eigenvalue weighted by atomic mass is 32.1. The lowest BCUT2D eigenvalue weighted by Gasteiger charge is -2.08. The molecule has 0 saturated heterocycles. The van der Waals surface area contributed by atoms with Crippen molar-refractivity contribution in [2.45, 2.75) is 0 Å². The van der Waals surface area contributed by atoms with Crippen molar-refractivity contribution in [1.82, 2.24) is 0 Å². The Balaban J connectivity index is 1.10. The second kappa shape index (κ2) is 7.57. The Hall–Kier alpha value is -4.50. The highest BCUT2D eigenvalue weighted by Crippen LogP contribution is 2.60. The van der Waals surface area contributed by atoms with Gasteiger partial charge in [-0.3, -0.25) is 0 Å². The van der Waals surface area contributed by atoms with Gasteiger partial charge in [0, 0.05) is 41.8 Å². The van der Waals surface area contributed by atoms with Gasteiger partial charge in [0.2, 0.25) is 0 Å². The second-order valence-electron chi connectivity index (χ2n) is 10.9. The molecule has 2 aliphatic carbocycles. The van der Waals surface area contributed by atoms with Crippen molar-refractivity contribution in [3.63, 3.8) is 0 Å². The zero-order chi connectivity index (χ0) is 25.9. The van der Waals surface area contributed by atoms with Crippen LogP contribution in [0.4, 0.5) is 0 Å². The predicted molar refractivity (Wildman–Crippen MR) is 174 cm³/mol. The van der Waals surface area contributed by atoms with Gasteiger partial charge in [-0.25, -0.2) is 0 Å². The summed E-state index contributed by atoms with van der Waals surface area (Å²) < 4.78 is 0. The van der Waals surface area contributed by atoms with E-state index in [4.69, 9.17) is 0 Å². The molecule has 10 rings (SSSR count). The van der Waals surface area contributed by atoms with Crippen LogP contribution >= 0.6 is 22.7 Å². The minimum absolute atomic E-state index is 1.29. The standard InChI is InChI=1S/C38H20S2/c1-3-7-23-17-25(11-9-21(23)5-1)33-19-31-27-13-14-28-32-20-34(26-12-10-22-6-2-4-8-24(22)18-26)40-38(32)30-16-15-29(37(31)39-33)35(27)36(28)30/h1-20H. The maximum atomic E-state index is 2.42. The summed E-state index contributed by atoms with van der Waals surface area (Å²) in [5, 5.41) is 8.06. The van der Waals surface area contributed by atoms with Crippen LogP contribution < -0.4 is 0 Å². The van der Waals surface area contributed by atoms with E-state index in [1.165, 1.54) is 96.3 Å². The number of hydrogen-bond donors (Lipinski definition) is 0. The third-order valence-corrected chi connectivity index (χ3v) is 11.2. The van der Waals surface area contributed by atoms with E-state index in [1.54, 1.807) is 0 Å². The predicted octanol–water partition coefficient (Wildman–Crippen LogP) is 11.9. The molecule has 2 aromatic heterocycles. The fraction of sp³-hybridized carbons (Fsp3) is 0. The molecule has 8 aromatic rings. The highest BCUT2D eigenvalue weighted by molar-refractivity contribution is 7.20. The summed E-state index contributed by atoms with van der Waals surface area (Å²) >= 11 is 3.87. The Morgan fingerprint density at radius 2 is 0.750 bits per heavy atom. The van der Waals surface area contributed by atoms with Gasteiger partial charge in [0.25, 0.3) is 0 Å². The van der Waals surface area contributed by atoms with E-state index in [0.717, 1.165) is 0 Å². The van der Waals surface area contributed by atoms with Crippen molar-refractivity contribution < 1.29 is 0 Å². The van der Waals surface area contributed by atoms with E-state index in [-0.39, 0.29) is 0 Å². The van der Waals surface area contributed by atoms with Crippen molar-refractivity contribution >= 4 is 55.0 Å². The largest absolute Gasteiger partial charge is 0.135 e. The first kappa shape index (κ1) is 21.3. The SMILES string of the molecule is c1ccc2cc(-c3cc4c(s3)-c3ccc5c6c(ccc-4c36)-c3cc(-c4ccc6ccccc6c4)sc3-5)ccc2c1. The van der Waals surface area contributed by atoms with Crippen molar-refractivity contribution in [1.29, 1.82) is 0 Å². The van der Waals surface area contributed by atoms with Gasteiger partial charge in [0.05, 0.1) is 0 Å². The zero-order valence-electron chi connectivity index (χ0n) is 21.4. The summed E-state index contributed by atoms with van der Waals surface area (Å²) in [5.74, 6) is 0. The van der Waals surface area contributed by atoms with Gasteiger partial charge in [0.15, 0.2) is 0 Å². The van der Waals surface area contributed by atoms with Crippen molar-refractivity contribution in [2.24, 2.45) is 0 Å². The van der Waals surface area contributed by atoms with Gasteiger partial charge in [-0.05, 0) is 78.8 Å². The van der Waals surface area contributed by atoms with E-state index >= 15 is 0 Å². The lowest BCUT2D eigenvalue weighted by Crippen LogP contribution is -1.80. The molecule has 0 unspecified atom stereocenters. The summed E-state index contributed by atoms with van der Waals surface area (Å²) in [6.07, 6.45) is 0. The van der Waals surface area contributed by atoms with Gasteiger partial charge in [-0.1, -0.05) is 97.1 Å². The Morgan fingerprint density at radius 1 is 0.325 bits per heavy atom. The molecule has 184 valence electrons. The molecule has 0 fully saturated rings. The molecular formula is C38H20S2. The van der Waals surface area contributed by atoms with Crippen LogP contribution in [-0.2, 0) is 0 Å². The van der Waals surface area contributed by atoms with E-state index in [1.807, 2.05) is 22.7 Å². The smallest absolute Gasteiger partial charge is 0.0434 e. The minimum atomic E-state index is 1.29. The molecule has 0 atom stereocenters. The van der Waals surface area contributed by atoms with Crippen molar-refractivity contribution in [3.8, 4) is 64.0 Å². The summed E-state index contributed by atoms with van der Waals surface area (Å²) in [6, 6.07) is 45.3. The van der Waals surface area contributed by atoms with Gasteiger partial charge in [-0.15, -0.1) is 22.7 Å². The van der Waals surface area contributed by atoms with Gasteiger partial charge < -0.3 is 0 Å². The molecule has 0 saturated carbocycles. The van der Waals surface area contributed by atoms with Crippen LogP contribution in [0, 0.1) is 0 Å². The molecule has 40 heavy (non-hydrogen) atoms. The molecule has 0 nitrogen and oxygen atoms in total. The Labute approximate surface area is 239 Å². The van der Waals surface area contributed by atoms with Crippen LogP contribution in [0.3, 0.4) is 0 Å².